The first kappa shape index (κ1) is 9.86. The minimum absolute atomic E-state index is 0.383. The lowest BCUT2D eigenvalue weighted by molar-refractivity contribution is -0.0775. The van der Waals surface area contributed by atoms with Crippen LogP contribution in [0.5, 0.6) is 0 Å². The van der Waals surface area contributed by atoms with Crippen LogP contribution in [0.4, 0.5) is 8.78 Å². The van der Waals surface area contributed by atoms with E-state index in [1.807, 2.05) is 0 Å². The summed E-state index contributed by atoms with van der Waals surface area (Å²) >= 11 is 0. The Bertz CT molecular complexity index is 130. The van der Waals surface area contributed by atoms with Crippen molar-refractivity contribution < 1.29 is 13.5 Å². The SMILES string of the molecule is CNCC1(C(F)F)CCOCC1. The van der Waals surface area contributed by atoms with Crippen molar-refractivity contribution in [3.8, 4) is 0 Å². The molecular weight excluding hydrogens is 164 g/mol. The van der Waals surface area contributed by atoms with Crippen molar-refractivity contribution in [2.24, 2.45) is 5.41 Å². The zero-order valence-electron chi connectivity index (χ0n) is 7.28. The molecule has 2 nitrogen and oxygen atoms in total. The first-order valence-electron chi connectivity index (χ1n) is 4.22. The molecule has 1 saturated heterocycles. The molecule has 1 fully saturated rings. The van der Waals surface area contributed by atoms with Crippen LogP contribution < -0.4 is 5.32 Å². The van der Waals surface area contributed by atoms with Gasteiger partial charge in [0.2, 0.25) is 6.43 Å². The Morgan fingerprint density at radius 3 is 2.42 bits per heavy atom. The molecule has 0 amide bonds. The van der Waals surface area contributed by atoms with Gasteiger partial charge in [-0.3, -0.25) is 0 Å². The van der Waals surface area contributed by atoms with Gasteiger partial charge in [-0.05, 0) is 19.9 Å². The number of hydrogen-bond donors (Lipinski definition) is 1. The van der Waals surface area contributed by atoms with E-state index in [0.717, 1.165) is 0 Å². The summed E-state index contributed by atoms with van der Waals surface area (Å²) in [4.78, 5) is 0. The van der Waals surface area contributed by atoms with Crippen molar-refractivity contribution in [3.05, 3.63) is 0 Å². The van der Waals surface area contributed by atoms with Gasteiger partial charge < -0.3 is 10.1 Å². The lowest BCUT2D eigenvalue weighted by Crippen LogP contribution is -2.43. The Morgan fingerprint density at radius 2 is 2.00 bits per heavy atom. The van der Waals surface area contributed by atoms with Gasteiger partial charge in [-0.2, -0.15) is 0 Å². The summed E-state index contributed by atoms with van der Waals surface area (Å²) in [6.45, 7) is 1.31. The predicted molar refractivity (Wildman–Crippen MR) is 42.4 cm³/mol. The second-order valence-corrected chi connectivity index (χ2v) is 3.31. The molecule has 0 aromatic heterocycles. The zero-order chi connectivity index (χ0) is 9.03. The first-order chi connectivity index (χ1) is 5.71. The van der Waals surface area contributed by atoms with E-state index in [1.54, 1.807) is 7.05 Å². The summed E-state index contributed by atoms with van der Waals surface area (Å²) in [6, 6.07) is 0. The highest BCUT2D eigenvalue weighted by molar-refractivity contribution is 4.85. The fraction of sp³-hybridized carbons (Fsp3) is 1.00. The number of ether oxygens (including phenoxy) is 1. The van der Waals surface area contributed by atoms with Crippen molar-refractivity contribution >= 4 is 0 Å². The van der Waals surface area contributed by atoms with Gasteiger partial charge >= 0.3 is 0 Å². The van der Waals surface area contributed by atoms with Crippen molar-refractivity contribution in [1.82, 2.24) is 5.32 Å². The number of rotatable bonds is 3. The van der Waals surface area contributed by atoms with Crippen LogP contribution in [-0.4, -0.2) is 33.2 Å². The molecule has 1 N–H and O–H groups in total. The van der Waals surface area contributed by atoms with Gasteiger partial charge in [0.15, 0.2) is 0 Å². The molecule has 0 aliphatic carbocycles. The third-order valence-electron chi connectivity index (χ3n) is 2.48. The third-order valence-corrected chi connectivity index (χ3v) is 2.48. The van der Waals surface area contributed by atoms with E-state index in [4.69, 9.17) is 4.74 Å². The molecule has 0 aromatic rings. The number of halogens is 2. The first-order valence-corrected chi connectivity index (χ1v) is 4.22. The topological polar surface area (TPSA) is 21.3 Å². The Hall–Kier alpha value is -0.220. The molecule has 0 atom stereocenters. The van der Waals surface area contributed by atoms with Crippen LogP contribution in [0.2, 0.25) is 0 Å². The molecule has 0 bridgehead atoms. The minimum Gasteiger partial charge on any atom is -0.381 e. The molecule has 4 heteroatoms. The summed E-state index contributed by atoms with van der Waals surface area (Å²) in [5.74, 6) is 0. The molecule has 0 radical (unpaired) electrons. The summed E-state index contributed by atoms with van der Waals surface area (Å²) in [7, 11) is 1.71. The lowest BCUT2D eigenvalue weighted by atomic mass is 9.80. The van der Waals surface area contributed by atoms with E-state index in [0.29, 0.717) is 32.6 Å². The second kappa shape index (κ2) is 4.14. The van der Waals surface area contributed by atoms with Gasteiger partial charge in [0.1, 0.15) is 0 Å². The van der Waals surface area contributed by atoms with Gasteiger partial charge in [0.25, 0.3) is 0 Å². The maximum Gasteiger partial charge on any atom is 0.245 e. The lowest BCUT2D eigenvalue weighted by Gasteiger charge is -2.36. The van der Waals surface area contributed by atoms with Crippen molar-refractivity contribution in [3.63, 3.8) is 0 Å². The number of alkyl halides is 2. The molecular formula is C8H15F2NO. The van der Waals surface area contributed by atoms with Gasteiger partial charge in [-0.25, -0.2) is 8.78 Å². The van der Waals surface area contributed by atoms with Crippen LogP contribution in [0.25, 0.3) is 0 Å². The minimum atomic E-state index is -2.24. The Labute approximate surface area is 71.3 Å². The highest BCUT2D eigenvalue weighted by atomic mass is 19.3. The van der Waals surface area contributed by atoms with Gasteiger partial charge in [0, 0.05) is 25.2 Å². The van der Waals surface area contributed by atoms with E-state index in [-0.39, 0.29) is 0 Å². The highest BCUT2D eigenvalue weighted by Gasteiger charge is 2.40. The largest absolute Gasteiger partial charge is 0.381 e. The second-order valence-electron chi connectivity index (χ2n) is 3.31. The van der Waals surface area contributed by atoms with Crippen LogP contribution in [0.3, 0.4) is 0 Å². The van der Waals surface area contributed by atoms with Crippen LogP contribution in [-0.2, 0) is 4.74 Å². The van der Waals surface area contributed by atoms with E-state index >= 15 is 0 Å². The van der Waals surface area contributed by atoms with E-state index in [9.17, 15) is 8.78 Å². The molecule has 0 aromatic carbocycles. The van der Waals surface area contributed by atoms with Gasteiger partial charge in [0.05, 0.1) is 0 Å². The standard InChI is InChI=1S/C8H15F2NO/c1-11-6-8(7(9)10)2-4-12-5-3-8/h7,11H,2-6H2,1H3. The highest BCUT2D eigenvalue weighted by Crippen LogP contribution is 2.35. The average Bonchev–Trinajstić information content (AvgIpc) is 2.06. The van der Waals surface area contributed by atoms with Crippen LogP contribution in [0.1, 0.15) is 12.8 Å². The van der Waals surface area contributed by atoms with E-state index in [1.165, 1.54) is 0 Å². The Kier molecular flexibility index (Phi) is 3.40. The number of hydrogen-bond acceptors (Lipinski definition) is 2. The fourth-order valence-corrected chi connectivity index (χ4v) is 1.60. The summed E-state index contributed by atoms with van der Waals surface area (Å²) in [5, 5.41) is 2.82. The van der Waals surface area contributed by atoms with Gasteiger partial charge in [-0.1, -0.05) is 0 Å². The van der Waals surface area contributed by atoms with Gasteiger partial charge in [-0.15, -0.1) is 0 Å². The van der Waals surface area contributed by atoms with Crippen LogP contribution in [0, 0.1) is 5.41 Å². The smallest absolute Gasteiger partial charge is 0.245 e. The van der Waals surface area contributed by atoms with Crippen LogP contribution >= 0.6 is 0 Å². The molecule has 1 aliphatic heterocycles. The van der Waals surface area contributed by atoms with Crippen LogP contribution in [0.15, 0.2) is 0 Å². The monoisotopic (exact) mass is 179 g/mol. The summed E-state index contributed by atoms with van der Waals surface area (Å²) < 4.78 is 30.4. The summed E-state index contributed by atoms with van der Waals surface area (Å²) in [6.07, 6.45) is -1.31. The van der Waals surface area contributed by atoms with Crippen molar-refractivity contribution in [2.75, 3.05) is 26.8 Å². The van der Waals surface area contributed by atoms with E-state index < -0.39 is 11.8 Å². The predicted octanol–water partition coefficient (Wildman–Crippen LogP) is 1.27. The molecule has 12 heavy (non-hydrogen) atoms. The Balaban J connectivity index is 2.56. The molecule has 0 spiro atoms. The van der Waals surface area contributed by atoms with Crippen molar-refractivity contribution in [1.29, 1.82) is 0 Å². The quantitative estimate of drug-likeness (QED) is 0.704. The average molecular weight is 179 g/mol. The van der Waals surface area contributed by atoms with Crippen molar-refractivity contribution in [2.45, 2.75) is 19.3 Å². The summed E-state index contributed by atoms with van der Waals surface area (Å²) in [5.41, 5.74) is -0.840. The number of nitrogens with one attached hydrogen (secondary N) is 1. The third kappa shape index (κ3) is 1.93. The zero-order valence-corrected chi connectivity index (χ0v) is 7.28. The molecule has 1 rings (SSSR count). The normalized spacial score (nSPS) is 23.0. The molecule has 1 heterocycles. The molecule has 0 saturated carbocycles. The molecule has 0 unspecified atom stereocenters. The van der Waals surface area contributed by atoms with E-state index in [2.05, 4.69) is 5.32 Å². The maximum absolute atomic E-state index is 12.7. The molecule has 72 valence electrons. The fourth-order valence-electron chi connectivity index (χ4n) is 1.60. The molecule has 1 aliphatic rings. The maximum atomic E-state index is 12.7. The Morgan fingerprint density at radius 1 is 1.42 bits per heavy atom.